The first-order valence-electron chi connectivity index (χ1n) is 4.62. The van der Waals surface area contributed by atoms with Gasteiger partial charge >= 0.3 is 0 Å². The van der Waals surface area contributed by atoms with Gasteiger partial charge < -0.3 is 5.32 Å². The highest BCUT2D eigenvalue weighted by molar-refractivity contribution is 5.78. The molecule has 0 aromatic carbocycles. The monoisotopic (exact) mass is 155 g/mol. The van der Waals surface area contributed by atoms with Crippen molar-refractivity contribution >= 4 is 5.91 Å². The second kappa shape index (κ2) is 3.24. The fraction of sp³-hybridized carbons (Fsp3) is 0.889. The van der Waals surface area contributed by atoms with Crippen LogP contribution in [0.2, 0.25) is 0 Å². The van der Waals surface area contributed by atoms with Crippen LogP contribution in [0.5, 0.6) is 0 Å². The fourth-order valence-electron chi connectivity index (χ4n) is 1.53. The SMILES string of the molecule is CC.O=C1CCCC2(CC2)N1. The van der Waals surface area contributed by atoms with Crippen LogP contribution in [-0.2, 0) is 4.79 Å². The number of piperidine rings is 1. The van der Waals surface area contributed by atoms with E-state index in [1.807, 2.05) is 13.8 Å². The van der Waals surface area contributed by atoms with Gasteiger partial charge in [-0.05, 0) is 25.7 Å². The molecule has 1 saturated carbocycles. The molecule has 0 aromatic rings. The number of nitrogens with one attached hydrogen (secondary N) is 1. The van der Waals surface area contributed by atoms with Gasteiger partial charge in [-0.2, -0.15) is 0 Å². The van der Waals surface area contributed by atoms with Crippen LogP contribution in [0.3, 0.4) is 0 Å². The average molecular weight is 155 g/mol. The third-order valence-corrected chi connectivity index (χ3v) is 2.32. The number of carbonyl (C=O) groups excluding carboxylic acids is 1. The molecule has 2 aliphatic rings. The first-order chi connectivity index (χ1) is 5.31. The van der Waals surface area contributed by atoms with Crippen molar-refractivity contribution in [2.75, 3.05) is 0 Å². The molecule has 1 amide bonds. The van der Waals surface area contributed by atoms with Crippen molar-refractivity contribution in [3.8, 4) is 0 Å². The maximum absolute atomic E-state index is 10.8. The summed E-state index contributed by atoms with van der Waals surface area (Å²) in [7, 11) is 0. The van der Waals surface area contributed by atoms with Crippen molar-refractivity contribution in [2.45, 2.75) is 51.5 Å². The lowest BCUT2D eigenvalue weighted by atomic mass is 10.0. The summed E-state index contributed by atoms with van der Waals surface area (Å²) in [6.07, 6.45) is 5.52. The maximum Gasteiger partial charge on any atom is 0.220 e. The molecule has 0 unspecified atom stereocenters. The molecule has 11 heavy (non-hydrogen) atoms. The summed E-state index contributed by atoms with van der Waals surface area (Å²) < 4.78 is 0. The molecular formula is C9H17NO. The Morgan fingerprint density at radius 1 is 1.27 bits per heavy atom. The van der Waals surface area contributed by atoms with Gasteiger partial charge in [-0.3, -0.25) is 4.79 Å². The lowest BCUT2D eigenvalue weighted by Crippen LogP contribution is -2.40. The third-order valence-electron chi connectivity index (χ3n) is 2.32. The molecule has 64 valence electrons. The van der Waals surface area contributed by atoms with Crippen molar-refractivity contribution in [3.05, 3.63) is 0 Å². The van der Waals surface area contributed by atoms with E-state index in [4.69, 9.17) is 0 Å². The summed E-state index contributed by atoms with van der Waals surface area (Å²) in [6.45, 7) is 4.00. The number of amides is 1. The first kappa shape index (κ1) is 8.57. The minimum Gasteiger partial charge on any atom is -0.351 e. The van der Waals surface area contributed by atoms with Crippen LogP contribution in [-0.4, -0.2) is 11.4 Å². The van der Waals surface area contributed by atoms with Crippen molar-refractivity contribution in [2.24, 2.45) is 0 Å². The number of hydrogen-bond donors (Lipinski definition) is 1. The molecule has 2 fully saturated rings. The van der Waals surface area contributed by atoms with Crippen molar-refractivity contribution in [3.63, 3.8) is 0 Å². The molecule has 1 heterocycles. The van der Waals surface area contributed by atoms with E-state index in [-0.39, 0.29) is 5.91 Å². The Bertz CT molecular complexity index is 150. The van der Waals surface area contributed by atoms with E-state index in [1.54, 1.807) is 0 Å². The number of rotatable bonds is 0. The summed E-state index contributed by atoms with van der Waals surface area (Å²) in [5.41, 5.74) is 0.301. The summed E-state index contributed by atoms with van der Waals surface area (Å²) in [6, 6.07) is 0. The van der Waals surface area contributed by atoms with Gasteiger partial charge in [0.05, 0.1) is 0 Å². The Kier molecular flexibility index (Phi) is 2.53. The molecule has 1 spiro atoms. The average Bonchev–Trinajstić information content (AvgIpc) is 2.73. The molecule has 0 radical (unpaired) electrons. The van der Waals surface area contributed by atoms with E-state index in [0.29, 0.717) is 5.54 Å². The molecule has 0 aromatic heterocycles. The Labute approximate surface area is 68.4 Å². The normalized spacial score (nSPS) is 25.1. The van der Waals surface area contributed by atoms with E-state index in [9.17, 15) is 4.79 Å². The summed E-state index contributed by atoms with van der Waals surface area (Å²) >= 11 is 0. The quantitative estimate of drug-likeness (QED) is 0.568. The van der Waals surface area contributed by atoms with Gasteiger partial charge in [-0.15, -0.1) is 0 Å². The van der Waals surface area contributed by atoms with Crippen LogP contribution >= 0.6 is 0 Å². The lowest BCUT2D eigenvalue weighted by Gasteiger charge is -2.21. The molecule has 1 N–H and O–H groups in total. The van der Waals surface area contributed by atoms with Gasteiger partial charge in [0.2, 0.25) is 5.91 Å². The van der Waals surface area contributed by atoms with E-state index in [0.717, 1.165) is 12.8 Å². The number of carbonyl (C=O) groups is 1. The number of hydrogen-bond acceptors (Lipinski definition) is 1. The second-order valence-corrected chi connectivity index (χ2v) is 3.18. The molecule has 2 rings (SSSR count). The predicted molar refractivity (Wildman–Crippen MR) is 45.3 cm³/mol. The van der Waals surface area contributed by atoms with Crippen molar-refractivity contribution in [1.29, 1.82) is 0 Å². The highest BCUT2D eigenvalue weighted by Crippen LogP contribution is 2.41. The summed E-state index contributed by atoms with van der Waals surface area (Å²) in [4.78, 5) is 10.8. The van der Waals surface area contributed by atoms with E-state index >= 15 is 0 Å². The maximum atomic E-state index is 10.8. The molecule has 2 nitrogen and oxygen atoms in total. The zero-order chi connectivity index (χ0) is 8.32. The van der Waals surface area contributed by atoms with Crippen LogP contribution in [0.1, 0.15) is 46.0 Å². The zero-order valence-electron chi connectivity index (χ0n) is 7.44. The van der Waals surface area contributed by atoms with Crippen molar-refractivity contribution in [1.82, 2.24) is 5.32 Å². The molecule has 0 bridgehead atoms. The molecule has 1 aliphatic carbocycles. The topological polar surface area (TPSA) is 29.1 Å². The molecule has 1 saturated heterocycles. The van der Waals surface area contributed by atoms with Crippen LogP contribution in [0.25, 0.3) is 0 Å². The van der Waals surface area contributed by atoms with Crippen LogP contribution in [0.15, 0.2) is 0 Å². The van der Waals surface area contributed by atoms with Gasteiger partial charge in [-0.25, -0.2) is 0 Å². The smallest absolute Gasteiger partial charge is 0.220 e. The fourth-order valence-corrected chi connectivity index (χ4v) is 1.53. The third kappa shape index (κ3) is 1.95. The van der Waals surface area contributed by atoms with Crippen LogP contribution in [0.4, 0.5) is 0 Å². The molecule has 0 atom stereocenters. The van der Waals surface area contributed by atoms with Crippen LogP contribution < -0.4 is 5.32 Å². The predicted octanol–water partition coefficient (Wildman–Crippen LogP) is 1.85. The zero-order valence-corrected chi connectivity index (χ0v) is 7.44. The first-order valence-corrected chi connectivity index (χ1v) is 4.62. The highest BCUT2D eigenvalue weighted by atomic mass is 16.1. The highest BCUT2D eigenvalue weighted by Gasteiger charge is 2.45. The van der Waals surface area contributed by atoms with Crippen LogP contribution in [0, 0.1) is 0 Å². The Hall–Kier alpha value is -0.530. The minimum atomic E-state index is 0.263. The molecule has 2 heteroatoms. The largest absolute Gasteiger partial charge is 0.351 e. The standard InChI is InChI=1S/C7H11NO.C2H6/c9-6-2-1-3-7(8-6)4-5-7;1-2/h1-5H2,(H,8,9);1-2H3. The Balaban J connectivity index is 0.000000281. The summed E-state index contributed by atoms with van der Waals surface area (Å²) in [5.74, 6) is 0.263. The van der Waals surface area contributed by atoms with Gasteiger partial charge in [0.1, 0.15) is 0 Å². The van der Waals surface area contributed by atoms with Crippen molar-refractivity contribution < 1.29 is 4.79 Å². The minimum absolute atomic E-state index is 0.263. The molecule has 1 aliphatic heterocycles. The van der Waals surface area contributed by atoms with Gasteiger partial charge in [0.25, 0.3) is 0 Å². The molecular weight excluding hydrogens is 138 g/mol. The summed E-state index contributed by atoms with van der Waals surface area (Å²) in [5, 5.41) is 3.03. The van der Waals surface area contributed by atoms with E-state index < -0.39 is 0 Å². The van der Waals surface area contributed by atoms with E-state index in [1.165, 1.54) is 19.3 Å². The van der Waals surface area contributed by atoms with Gasteiger partial charge in [-0.1, -0.05) is 13.8 Å². The van der Waals surface area contributed by atoms with E-state index in [2.05, 4.69) is 5.32 Å². The van der Waals surface area contributed by atoms with Gasteiger partial charge in [0, 0.05) is 12.0 Å². The Morgan fingerprint density at radius 2 is 1.91 bits per heavy atom. The van der Waals surface area contributed by atoms with Gasteiger partial charge in [0.15, 0.2) is 0 Å². The second-order valence-electron chi connectivity index (χ2n) is 3.18. The lowest BCUT2D eigenvalue weighted by molar-refractivity contribution is -0.123. The Morgan fingerprint density at radius 3 is 2.27 bits per heavy atom.